The summed E-state index contributed by atoms with van der Waals surface area (Å²) in [6, 6.07) is 12.2. The highest BCUT2D eigenvalue weighted by atomic mass is 16.5. The van der Waals surface area contributed by atoms with Crippen LogP contribution in [-0.2, 0) is 13.1 Å². The highest BCUT2D eigenvalue weighted by molar-refractivity contribution is 6.00. The molecule has 3 heterocycles. The van der Waals surface area contributed by atoms with E-state index in [0.29, 0.717) is 18.0 Å². The fraction of sp³-hybridized carbons (Fsp3) is 0.467. The normalized spacial score (nSPS) is 16.6. The van der Waals surface area contributed by atoms with Crippen LogP contribution in [0.25, 0.3) is 0 Å². The number of carbonyl (C=O) groups is 1. The Balaban J connectivity index is 1.43. The van der Waals surface area contributed by atoms with Gasteiger partial charge in [0.15, 0.2) is 11.5 Å². The van der Waals surface area contributed by atoms with Crippen molar-refractivity contribution in [2.75, 3.05) is 51.8 Å². The molecular weight excluding hydrogens is 478 g/mol. The average Bonchev–Trinajstić information content (AvgIpc) is 3.52. The number of hydrogen-bond donors (Lipinski definition) is 0. The van der Waals surface area contributed by atoms with Gasteiger partial charge >= 0.3 is 0 Å². The summed E-state index contributed by atoms with van der Waals surface area (Å²) in [5.74, 6) is 2.48. The number of amides is 1. The lowest BCUT2D eigenvalue weighted by Gasteiger charge is -2.36. The van der Waals surface area contributed by atoms with E-state index in [9.17, 15) is 4.79 Å². The van der Waals surface area contributed by atoms with Gasteiger partial charge in [0.05, 0.1) is 20.3 Å². The lowest BCUT2D eigenvalue weighted by molar-refractivity contribution is 0.0687. The van der Waals surface area contributed by atoms with Crippen LogP contribution >= 0.6 is 0 Å². The molecule has 2 aliphatic rings. The summed E-state index contributed by atoms with van der Waals surface area (Å²) in [7, 11) is 3.30. The Bertz CT molecular complexity index is 1260. The SMILES string of the molecule is CCN1CCN(c2cccc3c2CN(C(CCCn2ccnc2C)c2ccc(OC)c(OC)c2)C3=O)CC1. The minimum Gasteiger partial charge on any atom is -0.493 e. The summed E-state index contributed by atoms with van der Waals surface area (Å²) in [5.41, 5.74) is 4.24. The maximum absolute atomic E-state index is 13.9. The number of fused-ring (bicyclic) bond motifs is 1. The molecule has 202 valence electrons. The number of aryl methyl sites for hydroxylation is 2. The van der Waals surface area contributed by atoms with Crippen LogP contribution in [0.3, 0.4) is 0 Å². The molecule has 1 unspecified atom stereocenters. The number of benzene rings is 2. The van der Waals surface area contributed by atoms with Gasteiger partial charge in [-0.1, -0.05) is 19.1 Å². The third-order valence-corrected chi connectivity index (χ3v) is 8.10. The molecule has 0 bridgehead atoms. The Morgan fingerprint density at radius 3 is 2.50 bits per heavy atom. The topological polar surface area (TPSA) is 63.1 Å². The highest BCUT2D eigenvalue weighted by Crippen LogP contribution is 2.40. The number of nitrogens with zero attached hydrogens (tertiary/aromatic N) is 5. The quantitative estimate of drug-likeness (QED) is 0.394. The zero-order valence-electron chi connectivity index (χ0n) is 23.0. The van der Waals surface area contributed by atoms with E-state index in [0.717, 1.165) is 74.6 Å². The zero-order valence-corrected chi connectivity index (χ0v) is 23.0. The van der Waals surface area contributed by atoms with Gasteiger partial charge in [0.25, 0.3) is 5.91 Å². The molecule has 0 saturated carbocycles. The molecular formula is C30H39N5O3. The molecule has 8 nitrogen and oxygen atoms in total. The van der Waals surface area contributed by atoms with Crippen molar-refractivity contribution in [1.29, 1.82) is 0 Å². The smallest absolute Gasteiger partial charge is 0.255 e. The van der Waals surface area contributed by atoms with Crippen LogP contribution in [0.15, 0.2) is 48.8 Å². The van der Waals surface area contributed by atoms with Gasteiger partial charge in [-0.3, -0.25) is 4.79 Å². The van der Waals surface area contributed by atoms with Crippen molar-refractivity contribution in [2.45, 2.75) is 45.8 Å². The maximum Gasteiger partial charge on any atom is 0.255 e. The summed E-state index contributed by atoms with van der Waals surface area (Å²) in [6.45, 7) is 10.9. The molecule has 3 aromatic rings. The number of aromatic nitrogens is 2. The standard InChI is InChI=1S/C30H39N5O3/c1-5-32-16-18-34(19-17-32)27-9-6-8-24-25(27)21-35(30(24)36)26(10-7-14-33-15-13-31-22(33)2)23-11-12-28(37-3)29(20-23)38-4/h6,8-9,11-13,15,20,26H,5,7,10,14,16-19,21H2,1-4H3. The number of ether oxygens (including phenoxy) is 2. The molecule has 1 aromatic heterocycles. The molecule has 2 aromatic carbocycles. The van der Waals surface area contributed by atoms with Gasteiger partial charge in [-0.05, 0) is 56.1 Å². The summed E-state index contributed by atoms with van der Waals surface area (Å²) in [5, 5.41) is 0. The lowest BCUT2D eigenvalue weighted by Crippen LogP contribution is -2.46. The van der Waals surface area contributed by atoms with Crippen molar-refractivity contribution < 1.29 is 14.3 Å². The number of likely N-dealkylation sites (N-methyl/N-ethyl adjacent to an activating group) is 1. The fourth-order valence-electron chi connectivity index (χ4n) is 5.85. The number of rotatable bonds is 10. The van der Waals surface area contributed by atoms with Crippen molar-refractivity contribution in [2.24, 2.45) is 0 Å². The largest absolute Gasteiger partial charge is 0.493 e. The van der Waals surface area contributed by atoms with Crippen LogP contribution in [0.1, 0.15) is 53.1 Å². The van der Waals surface area contributed by atoms with E-state index in [1.807, 2.05) is 43.6 Å². The van der Waals surface area contributed by atoms with Crippen molar-refractivity contribution in [3.05, 3.63) is 71.3 Å². The molecule has 0 radical (unpaired) electrons. The van der Waals surface area contributed by atoms with E-state index < -0.39 is 0 Å². The summed E-state index contributed by atoms with van der Waals surface area (Å²) >= 11 is 0. The van der Waals surface area contributed by atoms with Crippen molar-refractivity contribution in [1.82, 2.24) is 19.4 Å². The Morgan fingerprint density at radius 1 is 1.03 bits per heavy atom. The number of piperazine rings is 1. The average molecular weight is 518 g/mol. The number of anilines is 1. The minimum absolute atomic E-state index is 0.0803. The molecule has 8 heteroatoms. The summed E-state index contributed by atoms with van der Waals surface area (Å²) in [4.78, 5) is 25.2. The first-order valence-electron chi connectivity index (χ1n) is 13.6. The predicted molar refractivity (Wildman–Crippen MR) is 149 cm³/mol. The highest BCUT2D eigenvalue weighted by Gasteiger charge is 2.36. The molecule has 1 atom stereocenters. The van der Waals surface area contributed by atoms with Gasteiger partial charge in [-0.25, -0.2) is 4.98 Å². The Morgan fingerprint density at radius 2 is 1.82 bits per heavy atom. The molecule has 1 fully saturated rings. The summed E-state index contributed by atoms with van der Waals surface area (Å²) < 4.78 is 13.3. The fourth-order valence-corrected chi connectivity index (χ4v) is 5.85. The molecule has 0 N–H and O–H groups in total. The zero-order chi connectivity index (χ0) is 26.6. The van der Waals surface area contributed by atoms with Crippen LogP contribution in [0, 0.1) is 6.92 Å². The maximum atomic E-state index is 13.9. The second-order valence-corrected chi connectivity index (χ2v) is 10.1. The molecule has 38 heavy (non-hydrogen) atoms. The monoisotopic (exact) mass is 517 g/mol. The summed E-state index contributed by atoms with van der Waals surface area (Å²) in [6.07, 6.45) is 5.60. The number of carbonyl (C=O) groups excluding carboxylic acids is 1. The van der Waals surface area contributed by atoms with Gasteiger partial charge in [0.2, 0.25) is 0 Å². The molecule has 1 saturated heterocycles. The first-order valence-corrected chi connectivity index (χ1v) is 13.6. The number of hydrogen-bond acceptors (Lipinski definition) is 6. The van der Waals surface area contributed by atoms with Crippen LogP contribution in [0.5, 0.6) is 11.5 Å². The Labute approximate surface area is 225 Å². The third-order valence-electron chi connectivity index (χ3n) is 8.10. The van der Waals surface area contributed by atoms with Crippen LogP contribution < -0.4 is 14.4 Å². The van der Waals surface area contributed by atoms with Crippen molar-refractivity contribution in [3.63, 3.8) is 0 Å². The van der Waals surface area contributed by atoms with E-state index >= 15 is 0 Å². The lowest BCUT2D eigenvalue weighted by atomic mass is 9.99. The van der Waals surface area contributed by atoms with Crippen LogP contribution in [0.2, 0.25) is 0 Å². The first kappa shape index (κ1) is 26.1. The minimum atomic E-state index is -0.0803. The molecule has 0 spiro atoms. The Kier molecular flexibility index (Phi) is 7.88. The van der Waals surface area contributed by atoms with Crippen molar-refractivity contribution >= 4 is 11.6 Å². The van der Waals surface area contributed by atoms with E-state index in [1.165, 1.54) is 5.69 Å². The number of methoxy groups -OCH3 is 2. The van der Waals surface area contributed by atoms with Gasteiger partial charge in [0.1, 0.15) is 5.82 Å². The van der Waals surface area contributed by atoms with Crippen LogP contribution in [-0.4, -0.2) is 72.2 Å². The van der Waals surface area contributed by atoms with Gasteiger partial charge < -0.3 is 28.7 Å². The second-order valence-electron chi connectivity index (χ2n) is 10.1. The van der Waals surface area contributed by atoms with E-state index in [2.05, 4.69) is 43.3 Å². The number of imidazole rings is 1. The predicted octanol–water partition coefficient (Wildman–Crippen LogP) is 4.53. The molecule has 1 amide bonds. The first-order chi connectivity index (χ1) is 18.5. The van der Waals surface area contributed by atoms with Crippen molar-refractivity contribution in [3.8, 4) is 11.5 Å². The van der Waals surface area contributed by atoms with Crippen LogP contribution in [0.4, 0.5) is 5.69 Å². The molecule has 0 aliphatic carbocycles. The van der Waals surface area contributed by atoms with Gasteiger partial charge in [-0.2, -0.15) is 0 Å². The van der Waals surface area contributed by atoms with Gasteiger partial charge in [-0.15, -0.1) is 0 Å². The van der Waals surface area contributed by atoms with E-state index in [-0.39, 0.29) is 11.9 Å². The van der Waals surface area contributed by atoms with E-state index in [1.54, 1.807) is 14.2 Å². The molecule has 5 rings (SSSR count). The van der Waals surface area contributed by atoms with E-state index in [4.69, 9.17) is 9.47 Å². The third kappa shape index (κ3) is 5.10. The molecule has 2 aliphatic heterocycles. The van der Waals surface area contributed by atoms with Gasteiger partial charge in [0, 0.05) is 68.5 Å². The Hall–Kier alpha value is -3.52. The second kappa shape index (κ2) is 11.5.